The third-order valence-electron chi connectivity index (χ3n) is 1.78. The Hall–Kier alpha value is -1.16. The second-order valence-corrected chi connectivity index (χ2v) is 3.86. The molecule has 4 heteroatoms. The van der Waals surface area contributed by atoms with Gasteiger partial charge < -0.3 is 4.74 Å². The minimum Gasteiger partial charge on any atom is -0.460 e. The van der Waals surface area contributed by atoms with Gasteiger partial charge in [-0.05, 0) is 24.6 Å². The number of carbonyl (C=O) groups is 2. The minimum atomic E-state index is -0.764. The van der Waals surface area contributed by atoms with Crippen LogP contribution >= 0.6 is 15.9 Å². The Morgan fingerprint density at radius 3 is 2.40 bits per heavy atom. The molecular formula is C11H11BrO3. The molecule has 0 heterocycles. The second-order valence-electron chi connectivity index (χ2n) is 2.95. The van der Waals surface area contributed by atoms with Crippen molar-refractivity contribution in [1.29, 1.82) is 0 Å². The lowest BCUT2D eigenvalue weighted by Crippen LogP contribution is -2.19. The largest absolute Gasteiger partial charge is 0.460 e. The van der Waals surface area contributed by atoms with E-state index in [4.69, 9.17) is 0 Å². The Kier molecular flexibility index (Phi) is 4.49. The summed E-state index contributed by atoms with van der Waals surface area (Å²) in [4.78, 5) is 22.3. The van der Waals surface area contributed by atoms with E-state index in [-0.39, 0.29) is 13.0 Å². The lowest BCUT2D eigenvalue weighted by molar-refractivity contribution is -0.153. The lowest BCUT2D eigenvalue weighted by Gasteiger charge is -2.01. The smallest absolute Gasteiger partial charge is 0.374 e. The molecule has 1 aromatic rings. The molecular weight excluding hydrogens is 260 g/mol. The second kappa shape index (κ2) is 5.66. The maximum absolute atomic E-state index is 11.3. The number of rotatable bonds is 4. The zero-order chi connectivity index (χ0) is 11.3. The highest BCUT2D eigenvalue weighted by atomic mass is 79.9. The molecule has 1 rings (SSSR count). The van der Waals surface area contributed by atoms with Gasteiger partial charge in [-0.2, -0.15) is 0 Å². The fraction of sp³-hybridized carbons (Fsp3) is 0.273. The number of esters is 1. The summed E-state index contributed by atoms with van der Waals surface area (Å²) in [6.07, 6.45) is 0.0894. The van der Waals surface area contributed by atoms with Gasteiger partial charge in [0.2, 0.25) is 5.78 Å². The Bertz CT molecular complexity index is 357. The number of hydrogen-bond donors (Lipinski definition) is 0. The van der Waals surface area contributed by atoms with E-state index in [2.05, 4.69) is 20.7 Å². The van der Waals surface area contributed by atoms with Crippen molar-refractivity contribution in [1.82, 2.24) is 0 Å². The summed E-state index contributed by atoms with van der Waals surface area (Å²) in [5.74, 6) is -1.28. The molecule has 0 aromatic heterocycles. The van der Waals surface area contributed by atoms with Crippen LogP contribution in [0.25, 0.3) is 0 Å². The van der Waals surface area contributed by atoms with Crippen molar-refractivity contribution >= 4 is 27.7 Å². The summed E-state index contributed by atoms with van der Waals surface area (Å²) in [6, 6.07) is 7.24. The van der Waals surface area contributed by atoms with E-state index in [9.17, 15) is 9.59 Å². The van der Waals surface area contributed by atoms with E-state index in [1.165, 1.54) is 0 Å². The molecule has 0 aliphatic carbocycles. The third-order valence-corrected chi connectivity index (χ3v) is 2.31. The topological polar surface area (TPSA) is 43.4 Å². The van der Waals surface area contributed by atoms with E-state index >= 15 is 0 Å². The van der Waals surface area contributed by atoms with Gasteiger partial charge in [0.1, 0.15) is 0 Å². The maximum Gasteiger partial charge on any atom is 0.374 e. The van der Waals surface area contributed by atoms with Gasteiger partial charge in [0.05, 0.1) is 6.61 Å². The van der Waals surface area contributed by atoms with Gasteiger partial charge in [-0.1, -0.05) is 28.1 Å². The summed E-state index contributed by atoms with van der Waals surface area (Å²) in [7, 11) is 0. The summed E-state index contributed by atoms with van der Waals surface area (Å²) in [6.45, 7) is 1.90. The molecule has 0 atom stereocenters. The summed E-state index contributed by atoms with van der Waals surface area (Å²) >= 11 is 3.29. The zero-order valence-electron chi connectivity index (χ0n) is 8.33. The fourth-order valence-electron chi connectivity index (χ4n) is 1.07. The monoisotopic (exact) mass is 270 g/mol. The van der Waals surface area contributed by atoms with E-state index < -0.39 is 11.8 Å². The van der Waals surface area contributed by atoms with E-state index in [1.807, 2.05) is 12.1 Å². The van der Waals surface area contributed by atoms with Crippen LogP contribution in [0.15, 0.2) is 28.7 Å². The summed E-state index contributed by atoms with van der Waals surface area (Å²) in [5.41, 5.74) is 0.802. The van der Waals surface area contributed by atoms with Crippen LogP contribution in [-0.4, -0.2) is 18.4 Å². The predicted octanol–water partition coefficient (Wildman–Crippen LogP) is 2.12. The first-order valence-corrected chi connectivity index (χ1v) is 5.37. The van der Waals surface area contributed by atoms with Gasteiger partial charge in [-0.3, -0.25) is 4.79 Å². The van der Waals surface area contributed by atoms with Crippen molar-refractivity contribution in [3.63, 3.8) is 0 Å². The zero-order valence-corrected chi connectivity index (χ0v) is 9.91. The van der Waals surface area contributed by atoms with E-state index in [0.717, 1.165) is 10.0 Å². The van der Waals surface area contributed by atoms with Gasteiger partial charge >= 0.3 is 5.97 Å². The average Bonchev–Trinajstić information content (AvgIpc) is 2.22. The van der Waals surface area contributed by atoms with Gasteiger partial charge in [0.25, 0.3) is 0 Å². The fourth-order valence-corrected chi connectivity index (χ4v) is 1.34. The van der Waals surface area contributed by atoms with Crippen molar-refractivity contribution in [2.24, 2.45) is 0 Å². The van der Waals surface area contributed by atoms with Crippen molar-refractivity contribution in [3.05, 3.63) is 34.3 Å². The maximum atomic E-state index is 11.3. The highest BCUT2D eigenvalue weighted by molar-refractivity contribution is 9.10. The highest BCUT2D eigenvalue weighted by Crippen LogP contribution is 2.11. The van der Waals surface area contributed by atoms with Gasteiger partial charge in [-0.25, -0.2) is 4.79 Å². The van der Waals surface area contributed by atoms with Crippen LogP contribution in [0.4, 0.5) is 0 Å². The Labute approximate surface area is 96.6 Å². The Morgan fingerprint density at radius 2 is 1.87 bits per heavy atom. The van der Waals surface area contributed by atoms with Gasteiger partial charge in [0.15, 0.2) is 0 Å². The quantitative estimate of drug-likeness (QED) is 0.622. The van der Waals surface area contributed by atoms with Crippen LogP contribution in [-0.2, 0) is 20.7 Å². The number of benzene rings is 1. The molecule has 3 nitrogen and oxygen atoms in total. The molecule has 0 spiro atoms. The number of hydrogen-bond acceptors (Lipinski definition) is 3. The molecule has 0 fully saturated rings. The van der Waals surface area contributed by atoms with Crippen LogP contribution in [0.5, 0.6) is 0 Å². The average molecular weight is 271 g/mol. The first-order chi connectivity index (χ1) is 7.13. The molecule has 0 saturated carbocycles. The molecule has 0 aliphatic heterocycles. The summed E-state index contributed by atoms with van der Waals surface area (Å²) < 4.78 is 5.54. The van der Waals surface area contributed by atoms with Crippen molar-refractivity contribution in [2.75, 3.05) is 6.61 Å². The van der Waals surface area contributed by atoms with Crippen LogP contribution in [0.3, 0.4) is 0 Å². The SMILES string of the molecule is CCOC(=O)C(=O)Cc1ccc(Br)cc1. The van der Waals surface area contributed by atoms with Gasteiger partial charge in [0, 0.05) is 10.9 Å². The highest BCUT2D eigenvalue weighted by Gasteiger charge is 2.14. The Morgan fingerprint density at radius 1 is 1.27 bits per heavy atom. The van der Waals surface area contributed by atoms with E-state index in [0.29, 0.717) is 0 Å². The minimum absolute atomic E-state index is 0.0894. The normalized spacial score (nSPS) is 9.73. The molecule has 0 saturated heterocycles. The lowest BCUT2D eigenvalue weighted by atomic mass is 10.1. The van der Waals surface area contributed by atoms with E-state index in [1.54, 1.807) is 19.1 Å². The number of Topliss-reactive ketones (excluding diaryl/α,β-unsaturated/α-hetero) is 1. The van der Waals surface area contributed by atoms with Crippen LogP contribution in [0, 0.1) is 0 Å². The molecule has 80 valence electrons. The third kappa shape index (κ3) is 3.83. The number of halogens is 1. The van der Waals surface area contributed by atoms with Crippen LogP contribution in [0.1, 0.15) is 12.5 Å². The molecule has 0 N–H and O–H groups in total. The molecule has 0 amide bonds. The van der Waals surface area contributed by atoms with Crippen LogP contribution < -0.4 is 0 Å². The van der Waals surface area contributed by atoms with Crippen molar-refractivity contribution in [3.8, 4) is 0 Å². The molecule has 0 unspecified atom stereocenters. The molecule has 15 heavy (non-hydrogen) atoms. The van der Waals surface area contributed by atoms with Crippen molar-refractivity contribution < 1.29 is 14.3 Å². The molecule has 1 aromatic carbocycles. The molecule has 0 bridgehead atoms. The molecule has 0 radical (unpaired) electrons. The van der Waals surface area contributed by atoms with Gasteiger partial charge in [-0.15, -0.1) is 0 Å². The first kappa shape index (κ1) is 11.9. The number of ether oxygens (including phenoxy) is 1. The molecule has 0 aliphatic rings. The number of carbonyl (C=O) groups excluding carboxylic acids is 2. The predicted molar refractivity (Wildman–Crippen MR) is 59.5 cm³/mol. The van der Waals surface area contributed by atoms with Crippen molar-refractivity contribution in [2.45, 2.75) is 13.3 Å². The Balaban J connectivity index is 2.58. The standard InChI is InChI=1S/C11H11BrO3/c1-2-15-11(14)10(13)7-8-3-5-9(12)6-4-8/h3-6H,2,7H2,1H3. The summed E-state index contributed by atoms with van der Waals surface area (Å²) in [5, 5.41) is 0. The number of ketones is 1. The first-order valence-electron chi connectivity index (χ1n) is 4.58. The van der Waals surface area contributed by atoms with Crippen LogP contribution in [0.2, 0.25) is 0 Å².